The number of carbonyl (C=O) groups is 1. The molecular formula is C23H18N6O2. The third-order valence-electron chi connectivity index (χ3n) is 4.66. The van der Waals surface area contributed by atoms with Crippen molar-refractivity contribution in [1.29, 1.82) is 0 Å². The number of anilines is 3. The van der Waals surface area contributed by atoms with Crippen molar-refractivity contribution >= 4 is 34.1 Å². The van der Waals surface area contributed by atoms with Crippen molar-refractivity contribution < 1.29 is 9.21 Å². The lowest BCUT2D eigenvalue weighted by molar-refractivity contribution is 0.0998. The fourth-order valence-corrected chi connectivity index (χ4v) is 3.21. The number of amides is 1. The van der Waals surface area contributed by atoms with Crippen LogP contribution < -0.4 is 10.6 Å². The molecule has 5 rings (SSSR count). The van der Waals surface area contributed by atoms with Gasteiger partial charge in [0.05, 0.1) is 0 Å². The van der Waals surface area contributed by atoms with Crippen LogP contribution in [0.3, 0.4) is 0 Å². The Morgan fingerprint density at radius 1 is 1.00 bits per heavy atom. The van der Waals surface area contributed by atoms with Crippen molar-refractivity contribution in [1.82, 2.24) is 19.5 Å². The molecule has 8 heteroatoms. The van der Waals surface area contributed by atoms with Crippen LogP contribution in [0.1, 0.15) is 16.4 Å². The van der Waals surface area contributed by atoms with Crippen molar-refractivity contribution in [2.24, 2.45) is 0 Å². The Kier molecular flexibility index (Phi) is 4.64. The molecule has 0 saturated carbocycles. The number of imidazole rings is 1. The van der Waals surface area contributed by atoms with Crippen LogP contribution in [-0.4, -0.2) is 25.4 Å². The normalized spacial score (nSPS) is 10.9. The molecule has 2 N–H and O–H groups in total. The maximum absolute atomic E-state index is 12.5. The zero-order valence-corrected chi connectivity index (χ0v) is 16.6. The van der Waals surface area contributed by atoms with Gasteiger partial charge in [-0.05, 0) is 43.3 Å². The first-order valence-electron chi connectivity index (χ1n) is 9.65. The number of aryl methyl sites for hydroxylation is 1. The van der Waals surface area contributed by atoms with Gasteiger partial charge >= 0.3 is 0 Å². The van der Waals surface area contributed by atoms with E-state index in [1.165, 1.54) is 0 Å². The molecule has 0 fully saturated rings. The van der Waals surface area contributed by atoms with Crippen LogP contribution in [0.2, 0.25) is 0 Å². The van der Waals surface area contributed by atoms with Crippen molar-refractivity contribution in [2.45, 2.75) is 6.92 Å². The molecule has 1 amide bonds. The summed E-state index contributed by atoms with van der Waals surface area (Å²) >= 11 is 0. The molecule has 0 saturated heterocycles. The van der Waals surface area contributed by atoms with E-state index in [9.17, 15) is 4.79 Å². The highest BCUT2D eigenvalue weighted by Gasteiger charge is 2.12. The van der Waals surface area contributed by atoms with Crippen molar-refractivity contribution in [3.05, 3.63) is 91.0 Å². The second-order valence-electron chi connectivity index (χ2n) is 6.93. The predicted octanol–water partition coefficient (Wildman–Crippen LogP) is 4.71. The molecule has 0 spiro atoms. The third kappa shape index (κ3) is 3.99. The number of fused-ring (bicyclic) bond motifs is 1. The monoisotopic (exact) mass is 410 g/mol. The number of para-hydroxylation sites is 1. The third-order valence-corrected chi connectivity index (χ3v) is 4.66. The molecule has 0 aliphatic heterocycles. The summed E-state index contributed by atoms with van der Waals surface area (Å²) < 4.78 is 7.43. The van der Waals surface area contributed by atoms with Crippen LogP contribution in [0.25, 0.3) is 16.8 Å². The van der Waals surface area contributed by atoms with Gasteiger partial charge in [-0.15, -0.1) is 0 Å². The van der Waals surface area contributed by atoms with Crippen LogP contribution in [0, 0.1) is 6.92 Å². The van der Waals surface area contributed by atoms with Gasteiger partial charge in [0.25, 0.3) is 5.91 Å². The van der Waals surface area contributed by atoms with Crippen LogP contribution in [0.15, 0.2) is 83.8 Å². The van der Waals surface area contributed by atoms with E-state index in [2.05, 4.69) is 25.6 Å². The van der Waals surface area contributed by atoms with Gasteiger partial charge in [-0.1, -0.05) is 18.2 Å². The lowest BCUT2D eigenvalue weighted by Crippen LogP contribution is -2.10. The van der Waals surface area contributed by atoms with E-state index in [0.717, 1.165) is 16.9 Å². The van der Waals surface area contributed by atoms with E-state index >= 15 is 0 Å². The fourth-order valence-electron chi connectivity index (χ4n) is 3.21. The summed E-state index contributed by atoms with van der Waals surface area (Å²) in [6.07, 6.45) is 5.21. The Balaban J connectivity index is 1.29. The standard InChI is InChI=1S/C23H18N6O2/c1-15-25-21(13-22(26-15)29-11-10-24-14-29)27-17-6-8-18(9-7-17)28-23(30)20-12-16-4-2-3-5-19(16)31-20/h2-14H,1H3,(H,28,30)(H,25,26,27). The maximum Gasteiger partial charge on any atom is 0.291 e. The van der Waals surface area contributed by atoms with Crippen molar-refractivity contribution in [2.75, 3.05) is 10.6 Å². The van der Waals surface area contributed by atoms with E-state index in [0.29, 0.717) is 22.9 Å². The number of aromatic nitrogens is 4. The van der Waals surface area contributed by atoms with Gasteiger partial charge in [0, 0.05) is 35.2 Å². The van der Waals surface area contributed by atoms with E-state index in [1.807, 2.05) is 72.3 Å². The van der Waals surface area contributed by atoms with Crippen LogP contribution >= 0.6 is 0 Å². The summed E-state index contributed by atoms with van der Waals surface area (Å²) in [5.74, 6) is 2.00. The Labute approximate surface area is 177 Å². The Bertz CT molecular complexity index is 1320. The summed E-state index contributed by atoms with van der Waals surface area (Å²) in [5.41, 5.74) is 2.17. The molecule has 5 aromatic rings. The number of hydrogen-bond donors (Lipinski definition) is 2. The van der Waals surface area contributed by atoms with Crippen LogP contribution in [-0.2, 0) is 0 Å². The number of carbonyl (C=O) groups excluding carboxylic acids is 1. The highest BCUT2D eigenvalue weighted by Crippen LogP contribution is 2.22. The van der Waals surface area contributed by atoms with Gasteiger partial charge in [0.15, 0.2) is 5.76 Å². The minimum absolute atomic E-state index is 0.270. The minimum Gasteiger partial charge on any atom is -0.451 e. The van der Waals surface area contributed by atoms with Crippen LogP contribution in [0.5, 0.6) is 0 Å². The van der Waals surface area contributed by atoms with E-state index in [4.69, 9.17) is 4.42 Å². The molecular weight excluding hydrogens is 392 g/mol. The molecule has 2 aromatic carbocycles. The highest BCUT2D eigenvalue weighted by atomic mass is 16.3. The van der Waals surface area contributed by atoms with Gasteiger partial charge in [0.2, 0.25) is 0 Å². The average molecular weight is 410 g/mol. The van der Waals surface area contributed by atoms with Gasteiger partial charge in [-0.25, -0.2) is 15.0 Å². The Morgan fingerprint density at radius 3 is 2.58 bits per heavy atom. The van der Waals surface area contributed by atoms with E-state index in [1.54, 1.807) is 18.6 Å². The zero-order chi connectivity index (χ0) is 21.2. The minimum atomic E-state index is -0.298. The van der Waals surface area contributed by atoms with Gasteiger partial charge in [-0.2, -0.15) is 0 Å². The number of furan rings is 1. The molecule has 152 valence electrons. The molecule has 0 unspecified atom stereocenters. The summed E-state index contributed by atoms with van der Waals surface area (Å²) in [6.45, 7) is 1.84. The average Bonchev–Trinajstić information content (AvgIpc) is 3.45. The lowest BCUT2D eigenvalue weighted by atomic mass is 10.2. The second kappa shape index (κ2) is 7.75. The zero-order valence-electron chi connectivity index (χ0n) is 16.6. The topological polar surface area (TPSA) is 97.9 Å². The molecule has 0 radical (unpaired) electrons. The van der Waals surface area contributed by atoms with Crippen LogP contribution in [0.4, 0.5) is 17.2 Å². The summed E-state index contributed by atoms with van der Waals surface area (Å²) in [5, 5.41) is 7.00. The largest absolute Gasteiger partial charge is 0.451 e. The molecule has 3 heterocycles. The molecule has 8 nitrogen and oxygen atoms in total. The van der Waals surface area contributed by atoms with E-state index < -0.39 is 0 Å². The lowest BCUT2D eigenvalue weighted by Gasteiger charge is -2.10. The summed E-state index contributed by atoms with van der Waals surface area (Å²) in [6, 6.07) is 18.4. The number of hydrogen-bond acceptors (Lipinski definition) is 6. The predicted molar refractivity (Wildman–Crippen MR) is 118 cm³/mol. The van der Waals surface area contributed by atoms with Gasteiger partial charge in [-0.3, -0.25) is 9.36 Å². The molecule has 0 aliphatic rings. The maximum atomic E-state index is 12.5. The first-order chi connectivity index (χ1) is 15.1. The second-order valence-corrected chi connectivity index (χ2v) is 6.93. The summed E-state index contributed by atoms with van der Waals surface area (Å²) in [7, 11) is 0. The van der Waals surface area contributed by atoms with Gasteiger partial charge in [0.1, 0.15) is 29.4 Å². The SMILES string of the molecule is Cc1nc(Nc2ccc(NC(=O)c3cc4ccccc4o3)cc2)cc(-n2ccnc2)n1. The first kappa shape index (κ1) is 18.6. The number of rotatable bonds is 5. The Hall–Kier alpha value is -4.46. The van der Waals surface area contributed by atoms with Crippen molar-refractivity contribution in [3.8, 4) is 5.82 Å². The fraction of sp³-hybridized carbons (Fsp3) is 0.0435. The number of benzene rings is 2. The Morgan fingerprint density at radius 2 is 1.81 bits per heavy atom. The molecule has 0 bridgehead atoms. The number of nitrogens with zero attached hydrogens (tertiary/aromatic N) is 4. The highest BCUT2D eigenvalue weighted by molar-refractivity contribution is 6.04. The molecule has 3 aromatic heterocycles. The van der Waals surface area contributed by atoms with Gasteiger partial charge < -0.3 is 15.1 Å². The molecule has 31 heavy (non-hydrogen) atoms. The molecule has 0 atom stereocenters. The smallest absolute Gasteiger partial charge is 0.291 e. The van der Waals surface area contributed by atoms with E-state index in [-0.39, 0.29) is 11.7 Å². The quantitative estimate of drug-likeness (QED) is 0.435. The first-order valence-corrected chi connectivity index (χ1v) is 9.65. The number of nitrogens with one attached hydrogen (secondary N) is 2. The summed E-state index contributed by atoms with van der Waals surface area (Å²) in [4.78, 5) is 25.4. The molecule has 0 aliphatic carbocycles. The van der Waals surface area contributed by atoms with Crippen molar-refractivity contribution in [3.63, 3.8) is 0 Å².